The van der Waals surface area contributed by atoms with E-state index in [0.717, 1.165) is 42.3 Å². The van der Waals surface area contributed by atoms with E-state index in [-0.39, 0.29) is 11.9 Å². The number of amides is 1. The second kappa shape index (κ2) is 6.60. The minimum atomic E-state index is -0.00353. The number of likely N-dealkylation sites (tertiary alicyclic amines) is 1. The Bertz CT molecular complexity index is 655. The normalized spacial score (nSPS) is 19.0. The molecule has 22 heavy (non-hydrogen) atoms. The van der Waals surface area contributed by atoms with Crippen LogP contribution in [0, 0.1) is 0 Å². The minimum absolute atomic E-state index is 0.00353. The summed E-state index contributed by atoms with van der Waals surface area (Å²) < 4.78 is 2.41. The molecule has 1 aliphatic heterocycles. The second-order valence-corrected chi connectivity index (χ2v) is 6.50. The lowest BCUT2D eigenvalue weighted by Gasteiger charge is -2.30. The van der Waals surface area contributed by atoms with Gasteiger partial charge in [0.05, 0.1) is 10.5 Å². The van der Waals surface area contributed by atoms with Crippen molar-refractivity contribution in [2.45, 2.75) is 31.7 Å². The van der Waals surface area contributed by atoms with Crippen LogP contribution in [0.25, 0.3) is 0 Å². The van der Waals surface area contributed by atoms with Crippen LogP contribution < -0.4 is 0 Å². The van der Waals surface area contributed by atoms with Gasteiger partial charge in [-0.2, -0.15) is 5.10 Å². The standard InChI is InChI=1S/C16H19BrN4O/c1-20-11-13(17)15(19-20)16(22)21-10-4-2-3-5-14(21)12-6-8-18-9-7-12/h6-9,11,14H,2-5,10H2,1H3. The van der Waals surface area contributed by atoms with E-state index in [1.807, 2.05) is 30.3 Å². The Morgan fingerprint density at radius 2 is 2.05 bits per heavy atom. The van der Waals surface area contributed by atoms with Gasteiger partial charge >= 0.3 is 0 Å². The van der Waals surface area contributed by atoms with E-state index in [1.54, 1.807) is 17.1 Å². The third-order valence-electron chi connectivity index (χ3n) is 4.09. The van der Waals surface area contributed by atoms with Crippen molar-refractivity contribution in [3.8, 4) is 0 Å². The molecule has 3 heterocycles. The maximum absolute atomic E-state index is 13.0. The lowest BCUT2D eigenvalue weighted by molar-refractivity contribution is 0.0673. The minimum Gasteiger partial charge on any atom is -0.330 e. The van der Waals surface area contributed by atoms with E-state index in [2.05, 4.69) is 26.0 Å². The van der Waals surface area contributed by atoms with Crippen molar-refractivity contribution in [1.82, 2.24) is 19.7 Å². The van der Waals surface area contributed by atoms with Crippen molar-refractivity contribution in [1.29, 1.82) is 0 Å². The molecule has 1 unspecified atom stereocenters. The number of halogens is 1. The summed E-state index contributed by atoms with van der Waals surface area (Å²) in [6, 6.07) is 4.11. The Morgan fingerprint density at radius 3 is 2.73 bits per heavy atom. The van der Waals surface area contributed by atoms with Crippen molar-refractivity contribution in [3.63, 3.8) is 0 Å². The number of aromatic nitrogens is 3. The number of aryl methyl sites for hydroxylation is 1. The van der Waals surface area contributed by atoms with Gasteiger partial charge in [-0.3, -0.25) is 14.5 Å². The number of hydrogen-bond acceptors (Lipinski definition) is 3. The smallest absolute Gasteiger partial charge is 0.276 e. The lowest BCUT2D eigenvalue weighted by Crippen LogP contribution is -2.35. The first-order valence-corrected chi connectivity index (χ1v) is 8.36. The third kappa shape index (κ3) is 3.06. The first-order valence-electron chi connectivity index (χ1n) is 7.57. The molecule has 2 aromatic heterocycles. The zero-order chi connectivity index (χ0) is 15.5. The maximum atomic E-state index is 13.0. The molecular formula is C16H19BrN4O. The number of carbonyl (C=O) groups is 1. The Kier molecular flexibility index (Phi) is 4.57. The molecule has 5 nitrogen and oxygen atoms in total. The molecule has 0 aromatic carbocycles. The molecule has 1 atom stereocenters. The van der Waals surface area contributed by atoms with Gasteiger partial charge in [0.1, 0.15) is 0 Å². The molecule has 1 amide bonds. The SMILES string of the molecule is Cn1cc(Br)c(C(=O)N2CCCCCC2c2ccncc2)n1. The van der Waals surface area contributed by atoms with Crippen LogP contribution in [0.4, 0.5) is 0 Å². The average molecular weight is 363 g/mol. The van der Waals surface area contributed by atoms with E-state index in [0.29, 0.717) is 5.69 Å². The van der Waals surface area contributed by atoms with Gasteiger partial charge in [-0.25, -0.2) is 0 Å². The Labute approximate surface area is 138 Å². The van der Waals surface area contributed by atoms with Gasteiger partial charge in [-0.15, -0.1) is 0 Å². The largest absolute Gasteiger partial charge is 0.330 e. The van der Waals surface area contributed by atoms with Crippen molar-refractivity contribution < 1.29 is 4.79 Å². The Balaban J connectivity index is 1.94. The fourth-order valence-electron chi connectivity index (χ4n) is 3.02. The third-order valence-corrected chi connectivity index (χ3v) is 4.67. The van der Waals surface area contributed by atoms with Crippen molar-refractivity contribution in [2.24, 2.45) is 7.05 Å². The van der Waals surface area contributed by atoms with Crippen LogP contribution in [0.1, 0.15) is 47.8 Å². The van der Waals surface area contributed by atoms with E-state index in [9.17, 15) is 4.79 Å². The molecular weight excluding hydrogens is 344 g/mol. The number of carbonyl (C=O) groups excluding carboxylic acids is 1. The molecule has 1 fully saturated rings. The molecule has 3 rings (SSSR count). The van der Waals surface area contributed by atoms with Crippen LogP contribution in [0.2, 0.25) is 0 Å². The monoisotopic (exact) mass is 362 g/mol. The molecule has 116 valence electrons. The fraction of sp³-hybridized carbons (Fsp3) is 0.438. The summed E-state index contributed by atoms with van der Waals surface area (Å²) in [6.45, 7) is 0.773. The highest BCUT2D eigenvalue weighted by Crippen LogP contribution is 2.31. The van der Waals surface area contributed by atoms with Crippen LogP contribution in [-0.4, -0.2) is 32.1 Å². The van der Waals surface area contributed by atoms with Crippen LogP contribution in [0.5, 0.6) is 0 Å². The topological polar surface area (TPSA) is 51.0 Å². The molecule has 0 bridgehead atoms. The maximum Gasteiger partial charge on any atom is 0.276 e. The van der Waals surface area contributed by atoms with Gasteiger partial charge in [0.2, 0.25) is 0 Å². The number of pyridine rings is 1. The van der Waals surface area contributed by atoms with Crippen LogP contribution in [-0.2, 0) is 7.05 Å². The first kappa shape index (κ1) is 15.2. The molecule has 1 aliphatic rings. The average Bonchev–Trinajstić information content (AvgIpc) is 2.74. The zero-order valence-electron chi connectivity index (χ0n) is 12.6. The van der Waals surface area contributed by atoms with Gasteiger partial charge in [-0.05, 0) is 46.5 Å². The predicted molar refractivity (Wildman–Crippen MR) is 87.4 cm³/mol. The van der Waals surface area contributed by atoms with E-state index in [1.165, 1.54) is 0 Å². The van der Waals surface area contributed by atoms with Crippen molar-refractivity contribution in [2.75, 3.05) is 6.54 Å². The van der Waals surface area contributed by atoms with Gasteiger partial charge < -0.3 is 4.90 Å². The first-order chi connectivity index (χ1) is 10.7. The summed E-state index contributed by atoms with van der Waals surface area (Å²) in [5, 5.41) is 4.31. The zero-order valence-corrected chi connectivity index (χ0v) is 14.2. The van der Waals surface area contributed by atoms with E-state index >= 15 is 0 Å². The summed E-state index contributed by atoms with van der Waals surface area (Å²) in [7, 11) is 1.82. The molecule has 0 N–H and O–H groups in total. The Hall–Kier alpha value is -1.69. The highest BCUT2D eigenvalue weighted by atomic mass is 79.9. The summed E-state index contributed by atoms with van der Waals surface area (Å²) in [5.74, 6) is -0.00353. The Morgan fingerprint density at radius 1 is 1.27 bits per heavy atom. The summed E-state index contributed by atoms with van der Waals surface area (Å²) >= 11 is 3.44. The molecule has 0 aliphatic carbocycles. The predicted octanol–water partition coefficient (Wildman–Crippen LogP) is 3.34. The fourth-order valence-corrected chi connectivity index (χ4v) is 3.57. The van der Waals surface area contributed by atoms with Gasteiger partial charge in [0, 0.05) is 32.2 Å². The molecule has 2 aromatic rings. The lowest BCUT2D eigenvalue weighted by atomic mass is 10.0. The van der Waals surface area contributed by atoms with Crippen molar-refractivity contribution in [3.05, 3.63) is 46.5 Å². The molecule has 0 radical (unpaired) electrons. The molecule has 0 saturated carbocycles. The van der Waals surface area contributed by atoms with Crippen LogP contribution in [0.15, 0.2) is 35.2 Å². The molecule has 6 heteroatoms. The quantitative estimate of drug-likeness (QED) is 0.822. The van der Waals surface area contributed by atoms with Gasteiger partial charge in [-0.1, -0.05) is 12.8 Å². The van der Waals surface area contributed by atoms with Crippen LogP contribution in [0.3, 0.4) is 0 Å². The second-order valence-electron chi connectivity index (χ2n) is 5.64. The molecule has 0 spiro atoms. The summed E-state index contributed by atoms with van der Waals surface area (Å²) in [4.78, 5) is 19.0. The summed E-state index contributed by atoms with van der Waals surface area (Å²) in [6.07, 6.45) is 9.72. The molecule has 1 saturated heterocycles. The highest BCUT2D eigenvalue weighted by Gasteiger charge is 2.30. The van der Waals surface area contributed by atoms with E-state index < -0.39 is 0 Å². The van der Waals surface area contributed by atoms with Gasteiger partial charge in [0.15, 0.2) is 5.69 Å². The number of hydrogen-bond donors (Lipinski definition) is 0. The van der Waals surface area contributed by atoms with Crippen molar-refractivity contribution >= 4 is 21.8 Å². The number of rotatable bonds is 2. The van der Waals surface area contributed by atoms with Crippen LogP contribution >= 0.6 is 15.9 Å². The van der Waals surface area contributed by atoms with Gasteiger partial charge in [0.25, 0.3) is 5.91 Å². The van der Waals surface area contributed by atoms with E-state index in [4.69, 9.17) is 0 Å². The summed E-state index contributed by atoms with van der Waals surface area (Å²) in [5.41, 5.74) is 1.64. The number of nitrogens with zero attached hydrogens (tertiary/aromatic N) is 4. The highest BCUT2D eigenvalue weighted by molar-refractivity contribution is 9.10.